The molecular formula is C19H28N2O3. The van der Waals surface area contributed by atoms with Crippen LogP contribution in [0.25, 0.3) is 0 Å². The van der Waals surface area contributed by atoms with Crippen LogP contribution in [0.3, 0.4) is 0 Å². The van der Waals surface area contributed by atoms with Crippen LogP contribution in [0, 0.1) is 5.92 Å². The molecule has 0 spiro atoms. The van der Waals surface area contributed by atoms with Crippen molar-refractivity contribution in [3.63, 3.8) is 0 Å². The number of benzene rings is 1. The fraction of sp³-hybridized carbons (Fsp3) is 0.632. The highest BCUT2D eigenvalue weighted by molar-refractivity contribution is 5.79. The van der Waals surface area contributed by atoms with Crippen molar-refractivity contribution in [2.24, 2.45) is 5.92 Å². The first kappa shape index (κ1) is 17.2. The molecule has 0 aliphatic carbocycles. The van der Waals surface area contributed by atoms with E-state index in [2.05, 4.69) is 11.0 Å². The van der Waals surface area contributed by atoms with E-state index in [0.29, 0.717) is 12.5 Å². The Balaban J connectivity index is 1.52. The van der Waals surface area contributed by atoms with E-state index in [4.69, 9.17) is 9.47 Å². The normalized spacial score (nSPS) is 21.7. The summed E-state index contributed by atoms with van der Waals surface area (Å²) in [4.78, 5) is 17.3. The molecule has 0 N–H and O–H groups in total. The van der Waals surface area contributed by atoms with Crippen LogP contribution in [0.5, 0.6) is 5.75 Å². The number of hydrogen-bond acceptors (Lipinski definition) is 4. The molecule has 132 valence electrons. The number of fused-ring (bicyclic) bond motifs is 1. The fourth-order valence-electron chi connectivity index (χ4n) is 3.49. The van der Waals surface area contributed by atoms with Gasteiger partial charge >= 0.3 is 0 Å². The van der Waals surface area contributed by atoms with E-state index in [-0.39, 0.29) is 5.92 Å². The molecule has 0 aromatic heterocycles. The minimum atomic E-state index is 0.0450. The lowest BCUT2D eigenvalue weighted by Gasteiger charge is -2.36. The minimum absolute atomic E-state index is 0.0450. The van der Waals surface area contributed by atoms with Crippen molar-refractivity contribution in [2.45, 2.75) is 19.8 Å². The molecule has 1 amide bonds. The Hall–Kier alpha value is -1.59. The summed E-state index contributed by atoms with van der Waals surface area (Å²) in [6.07, 6.45) is 1.59. The highest BCUT2D eigenvalue weighted by Crippen LogP contribution is 2.27. The molecule has 1 aromatic rings. The van der Waals surface area contributed by atoms with Gasteiger partial charge in [-0.2, -0.15) is 0 Å². The van der Waals surface area contributed by atoms with E-state index >= 15 is 0 Å². The van der Waals surface area contributed by atoms with Crippen LogP contribution in [0.1, 0.15) is 18.9 Å². The summed E-state index contributed by atoms with van der Waals surface area (Å²) >= 11 is 0. The maximum Gasteiger partial charge on any atom is 0.226 e. The molecule has 0 saturated carbocycles. The number of para-hydroxylation sites is 1. The van der Waals surface area contributed by atoms with Gasteiger partial charge in [-0.25, -0.2) is 0 Å². The molecule has 1 aromatic carbocycles. The van der Waals surface area contributed by atoms with E-state index in [9.17, 15) is 4.79 Å². The number of carbonyl (C=O) groups excluding carboxylic acids is 1. The number of nitrogens with zero attached hydrogens (tertiary/aromatic N) is 2. The van der Waals surface area contributed by atoms with Crippen molar-refractivity contribution >= 4 is 5.91 Å². The predicted molar refractivity (Wildman–Crippen MR) is 93.3 cm³/mol. The summed E-state index contributed by atoms with van der Waals surface area (Å²) in [5.74, 6) is 1.27. The van der Waals surface area contributed by atoms with E-state index in [1.54, 1.807) is 0 Å². The third-order valence-electron chi connectivity index (χ3n) is 4.95. The zero-order chi connectivity index (χ0) is 16.8. The van der Waals surface area contributed by atoms with Gasteiger partial charge in [0.2, 0.25) is 5.91 Å². The van der Waals surface area contributed by atoms with Crippen LogP contribution >= 0.6 is 0 Å². The lowest BCUT2D eigenvalue weighted by atomic mass is 9.95. The first-order valence-corrected chi connectivity index (χ1v) is 9.07. The molecule has 2 aliphatic heterocycles. The molecule has 3 rings (SSSR count). The highest BCUT2D eigenvalue weighted by Gasteiger charge is 2.29. The minimum Gasteiger partial charge on any atom is -0.493 e. The number of hydrogen-bond donors (Lipinski definition) is 0. The monoisotopic (exact) mass is 332 g/mol. The van der Waals surface area contributed by atoms with Gasteiger partial charge in [0.25, 0.3) is 0 Å². The molecule has 0 radical (unpaired) electrons. The molecule has 2 aliphatic rings. The average molecular weight is 332 g/mol. The molecule has 5 heteroatoms. The fourth-order valence-corrected chi connectivity index (χ4v) is 3.49. The number of rotatable bonds is 5. The zero-order valence-corrected chi connectivity index (χ0v) is 14.6. The Bertz CT molecular complexity index is 541. The van der Waals surface area contributed by atoms with Gasteiger partial charge in [0, 0.05) is 45.2 Å². The zero-order valence-electron chi connectivity index (χ0n) is 14.6. The summed E-state index contributed by atoms with van der Waals surface area (Å²) in [5.41, 5.74) is 1.16. The van der Waals surface area contributed by atoms with Crippen LogP contribution in [0.4, 0.5) is 0 Å². The van der Waals surface area contributed by atoms with Crippen molar-refractivity contribution in [1.82, 2.24) is 9.80 Å². The lowest BCUT2D eigenvalue weighted by Crippen LogP contribution is -2.51. The molecule has 2 heterocycles. The second kappa shape index (κ2) is 8.49. The van der Waals surface area contributed by atoms with Gasteiger partial charge in [0.05, 0.1) is 13.2 Å². The van der Waals surface area contributed by atoms with Gasteiger partial charge in [-0.1, -0.05) is 18.2 Å². The topological polar surface area (TPSA) is 42.0 Å². The van der Waals surface area contributed by atoms with E-state index in [0.717, 1.165) is 70.1 Å². The van der Waals surface area contributed by atoms with Crippen molar-refractivity contribution in [2.75, 3.05) is 52.5 Å². The molecule has 1 unspecified atom stereocenters. The summed E-state index contributed by atoms with van der Waals surface area (Å²) in [6.45, 7) is 8.68. The molecular weight excluding hydrogens is 304 g/mol. The Labute approximate surface area is 144 Å². The van der Waals surface area contributed by atoms with Crippen molar-refractivity contribution < 1.29 is 14.3 Å². The SMILES string of the molecule is CCOCCN1CCN(C(=O)C2CCOc3ccccc3C2)CC1. The summed E-state index contributed by atoms with van der Waals surface area (Å²) in [7, 11) is 0. The number of amides is 1. The third kappa shape index (κ3) is 4.28. The second-order valence-electron chi connectivity index (χ2n) is 6.51. The van der Waals surface area contributed by atoms with Gasteiger partial charge < -0.3 is 14.4 Å². The molecule has 1 saturated heterocycles. The van der Waals surface area contributed by atoms with E-state index in [1.807, 2.05) is 30.0 Å². The van der Waals surface area contributed by atoms with Crippen LogP contribution in [0.15, 0.2) is 24.3 Å². The number of carbonyl (C=O) groups is 1. The maximum absolute atomic E-state index is 12.9. The second-order valence-corrected chi connectivity index (χ2v) is 6.51. The van der Waals surface area contributed by atoms with E-state index < -0.39 is 0 Å². The Morgan fingerprint density at radius 3 is 2.83 bits per heavy atom. The smallest absolute Gasteiger partial charge is 0.226 e. The highest BCUT2D eigenvalue weighted by atomic mass is 16.5. The molecule has 24 heavy (non-hydrogen) atoms. The standard InChI is InChI=1S/C19H28N2O3/c1-2-23-14-12-20-8-10-21(11-9-20)19(22)17-7-13-24-18-6-4-3-5-16(18)15-17/h3-6,17H,2,7-15H2,1H3. The maximum atomic E-state index is 12.9. The first-order valence-electron chi connectivity index (χ1n) is 9.07. The van der Waals surface area contributed by atoms with Crippen LogP contribution in [-0.2, 0) is 16.0 Å². The summed E-state index contributed by atoms with van der Waals surface area (Å²) in [5, 5.41) is 0. The Kier molecular flexibility index (Phi) is 6.10. The Morgan fingerprint density at radius 1 is 1.25 bits per heavy atom. The number of piperazine rings is 1. The van der Waals surface area contributed by atoms with Crippen LogP contribution in [0.2, 0.25) is 0 Å². The quantitative estimate of drug-likeness (QED) is 0.771. The van der Waals surface area contributed by atoms with Gasteiger partial charge in [-0.15, -0.1) is 0 Å². The van der Waals surface area contributed by atoms with Gasteiger partial charge in [0.1, 0.15) is 5.75 Å². The molecule has 1 fully saturated rings. The summed E-state index contributed by atoms with van der Waals surface area (Å²) in [6, 6.07) is 8.08. The summed E-state index contributed by atoms with van der Waals surface area (Å²) < 4.78 is 11.2. The number of ether oxygens (including phenoxy) is 2. The lowest BCUT2D eigenvalue weighted by molar-refractivity contribution is -0.137. The first-order chi connectivity index (χ1) is 11.8. The van der Waals surface area contributed by atoms with Gasteiger partial charge in [0.15, 0.2) is 0 Å². The van der Waals surface area contributed by atoms with Crippen molar-refractivity contribution in [1.29, 1.82) is 0 Å². The Morgan fingerprint density at radius 2 is 2.04 bits per heavy atom. The largest absolute Gasteiger partial charge is 0.493 e. The van der Waals surface area contributed by atoms with E-state index in [1.165, 1.54) is 0 Å². The molecule has 5 nitrogen and oxygen atoms in total. The average Bonchev–Trinajstić information content (AvgIpc) is 2.84. The predicted octanol–water partition coefficient (Wildman–Crippen LogP) is 1.81. The van der Waals surface area contributed by atoms with Crippen molar-refractivity contribution in [3.05, 3.63) is 29.8 Å². The molecule has 0 bridgehead atoms. The third-order valence-corrected chi connectivity index (χ3v) is 4.95. The van der Waals surface area contributed by atoms with Gasteiger partial charge in [-0.3, -0.25) is 9.69 Å². The van der Waals surface area contributed by atoms with Crippen molar-refractivity contribution in [3.8, 4) is 5.75 Å². The van der Waals surface area contributed by atoms with Crippen LogP contribution in [-0.4, -0.2) is 68.3 Å². The molecule has 1 atom stereocenters. The van der Waals surface area contributed by atoms with Crippen LogP contribution < -0.4 is 4.74 Å². The van der Waals surface area contributed by atoms with Gasteiger partial charge in [-0.05, 0) is 31.4 Å².